The number of hydrogen-bond acceptors (Lipinski definition) is 3. The minimum absolute atomic E-state index is 0.00173. The van der Waals surface area contributed by atoms with Crippen LogP contribution in [0, 0.1) is 5.92 Å². The molecule has 0 radical (unpaired) electrons. The Morgan fingerprint density at radius 2 is 1.95 bits per heavy atom. The molecule has 102 valence electrons. The second-order valence-corrected chi connectivity index (χ2v) is 4.83. The van der Waals surface area contributed by atoms with Gasteiger partial charge in [0.2, 0.25) is 5.91 Å². The van der Waals surface area contributed by atoms with Gasteiger partial charge in [0, 0.05) is 11.7 Å². The van der Waals surface area contributed by atoms with E-state index in [-0.39, 0.29) is 24.9 Å². The van der Waals surface area contributed by atoms with Crippen molar-refractivity contribution in [2.24, 2.45) is 5.92 Å². The van der Waals surface area contributed by atoms with Gasteiger partial charge in [-0.1, -0.05) is 18.2 Å². The lowest BCUT2D eigenvalue weighted by Gasteiger charge is -2.16. The van der Waals surface area contributed by atoms with E-state index < -0.39 is 5.97 Å². The molecule has 5 heteroatoms. The predicted octanol–water partition coefficient (Wildman–Crippen LogP) is 1.47. The Kier molecular flexibility index (Phi) is 4.39. The molecule has 1 atom stereocenters. The van der Waals surface area contributed by atoms with E-state index in [9.17, 15) is 9.59 Å². The fourth-order valence-corrected chi connectivity index (χ4v) is 2.02. The highest BCUT2D eigenvalue weighted by Gasteiger charge is 2.33. The number of aliphatic carboxylic acids is 1. The van der Waals surface area contributed by atoms with E-state index in [1.807, 2.05) is 30.3 Å². The third-order valence-electron chi connectivity index (χ3n) is 3.16. The summed E-state index contributed by atoms with van der Waals surface area (Å²) in [6.07, 6.45) is 2.01. The lowest BCUT2D eigenvalue weighted by atomic mass is 10.1. The highest BCUT2D eigenvalue weighted by molar-refractivity contribution is 5.81. The van der Waals surface area contributed by atoms with Gasteiger partial charge < -0.3 is 15.7 Å². The van der Waals surface area contributed by atoms with Crippen molar-refractivity contribution in [1.82, 2.24) is 5.32 Å². The molecular weight excluding hydrogens is 244 g/mol. The minimum Gasteiger partial charge on any atom is -0.481 e. The number of carboxylic acids is 1. The molecule has 1 amide bonds. The first kappa shape index (κ1) is 13.4. The summed E-state index contributed by atoms with van der Waals surface area (Å²) in [6, 6.07) is 9.20. The van der Waals surface area contributed by atoms with Crippen LogP contribution in [-0.2, 0) is 9.59 Å². The molecule has 1 aromatic carbocycles. The van der Waals surface area contributed by atoms with Crippen LogP contribution in [0.25, 0.3) is 0 Å². The first-order chi connectivity index (χ1) is 9.15. The maximum absolute atomic E-state index is 11.8. The fraction of sp³-hybridized carbons (Fsp3) is 0.429. The Balaban J connectivity index is 1.77. The molecule has 2 rings (SSSR count). The Morgan fingerprint density at radius 3 is 2.53 bits per heavy atom. The second kappa shape index (κ2) is 6.22. The molecule has 1 aliphatic carbocycles. The third kappa shape index (κ3) is 4.62. The van der Waals surface area contributed by atoms with Crippen LogP contribution in [-0.4, -0.2) is 29.6 Å². The average Bonchev–Trinajstić information content (AvgIpc) is 3.20. The molecule has 1 aliphatic rings. The fourth-order valence-electron chi connectivity index (χ4n) is 2.02. The van der Waals surface area contributed by atoms with Gasteiger partial charge in [-0.05, 0) is 30.9 Å². The molecular formula is C14H18N2O3. The highest BCUT2D eigenvalue weighted by Crippen LogP contribution is 2.33. The quantitative estimate of drug-likeness (QED) is 0.695. The average molecular weight is 262 g/mol. The number of hydrogen-bond donors (Lipinski definition) is 3. The lowest BCUT2D eigenvalue weighted by molar-refractivity contribution is -0.137. The summed E-state index contributed by atoms with van der Waals surface area (Å²) in [6.45, 7) is 0.160. The van der Waals surface area contributed by atoms with E-state index in [1.54, 1.807) is 0 Å². The number of benzene rings is 1. The zero-order valence-corrected chi connectivity index (χ0v) is 10.6. The number of anilines is 1. The summed E-state index contributed by atoms with van der Waals surface area (Å²) in [5.74, 6) is -0.702. The number of nitrogens with one attached hydrogen (secondary N) is 2. The van der Waals surface area contributed by atoms with E-state index in [2.05, 4.69) is 10.6 Å². The standard InChI is InChI=1S/C14H18N2O3/c17-13(9-15-11-4-2-1-3-5-11)16-12(8-14(18)19)10-6-7-10/h1-5,10,12,15H,6-9H2,(H,16,17)(H,18,19). The normalized spacial score (nSPS) is 15.6. The van der Waals surface area contributed by atoms with Crippen LogP contribution in [0.3, 0.4) is 0 Å². The van der Waals surface area contributed by atoms with E-state index in [1.165, 1.54) is 0 Å². The Labute approximate surface area is 112 Å². The van der Waals surface area contributed by atoms with Crippen molar-refractivity contribution in [1.29, 1.82) is 0 Å². The van der Waals surface area contributed by atoms with Crippen LogP contribution in [0.2, 0.25) is 0 Å². The van der Waals surface area contributed by atoms with Crippen LogP contribution in [0.15, 0.2) is 30.3 Å². The molecule has 5 nitrogen and oxygen atoms in total. The van der Waals surface area contributed by atoms with Crippen molar-refractivity contribution in [3.05, 3.63) is 30.3 Å². The number of carboxylic acid groups (broad SMARTS) is 1. The smallest absolute Gasteiger partial charge is 0.305 e. The van der Waals surface area contributed by atoms with Crippen molar-refractivity contribution < 1.29 is 14.7 Å². The van der Waals surface area contributed by atoms with Crippen LogP contribution in [0.4, 0.5) is 5.69 Å². The zero-order chi connectivity index (χ0) is 13.7. The van der Waals surface area contributed by atoms with Crippen LogP contribution in [0.1, 0.15) is 19.3 Å². The van der Waals surface area contributed by atoms with Gasteiger partial charge in [0.05, 0.1) is 13.0 Å². The molecule has 0 heterocycles. The Bertz CT molecular complexity index is 443. The van der Waals surface area contributed by atoms with Crippen molar-refractivity contribution in [3.8, 4) is 0 Å². The number of carbonyl (C=O) groups is 2. The van der Waals surface area contributed by atoms with Crippen LogP contribution >= 0.6 is 0 Å². The van der Waals surface area contributed by atoms with Crippen LogP contribution in [0.5, 0.6) is 0 Å². The summed E-state index contributed by atoms with van der Waals surface area (Å²) in [5.41, 5.74) is 0.874. The number of rotatable bonds is 7. The molecule has 0 aliphatic heterocycles. The van der Waals surface area contributed by atoms with E-state index in [0.717, 1.165) is 18.5 Å². The van der Waals surface area contributed by atoms with Gasteiger partial charge in [0.15, 0.2) is 0 Å². The van der Waals surface area contributed by atoms with Crippen molar-refractivity contribution >= 4 is 17.6 Å². The van der Waals surface area contributed by atoms with Crippen molar-refractivity contribution in [2.75, 3.05) is 11.9 Å². The van der Waals surface area contributed by atoms with E-state index in [0.29, 0.717) is 5.92 Å². The second-order valence-electron chi connectivity index (χ2n) is 4.83. The molecule has 1 fully saturated rings. The summed E-state index contributed by atoms with van der Waals surface area (Å²) in [7, 11) is 0. The highest BCUT2D eigenvalue weighted by atomic mass is 16.4. The molecule has 3 N–H and O–H groups in total. The van der Waals surface area contributed by atoms with E-state index >= 15 is 0 Å². The maximum Gasteiger partial charge on any atom is 0.305 e. The predicted molar refractivity (Wildman–Crippen MR) is 71.8 cm³/mol. The van der Waals surface area contributed by atoms with Gasteiger partial charge in [-0.25, -0.2) is 0 Å². The van der Waals surface area contributed by atoms with E-state index in [4.69, 9.17) is 5.11 Å². The van der Waals surface area contributed by atoms with Gasteiger partial charge >= 0.3 is 5.97 Å². The number of para-hydroxylation sites is 1. The van der Waals surface area contributed by atoms with Gasteiger partial charge in [-0.3, -0.25) is 9.59 Å². The molecule has 1 unspecified atom stereocenters. The van der Waals surface area contributed by atoms with Gasteiger partial charge in [0.25, 0.3) is 0 Å². The first-order valence-corrected chi connectivity index (χ1v) is 6.45. The van der Waals surface area contributed by atoms with Crippen molar-refractivity contribution in [2.45, 2.75) is 25.3 Å². The van der Waals surface area contributed by atoms with Gasteiger partial charge in [-0.15, -0.1) is 0 Å². The molecule has 0 aromatic heterocycles. The summed E-state index contributed by atoms with van der Waals surface area (Å²) in [4.78, 5) is 22.5. The topological polar surface area (TPSA) is 78.4 Å². The summed E-state index contributed by atoms with van der Waals surface area (Å²) < 4.78 is 0. The van der Waals surface area contributed by atoms with Crippen molar-refractivity contribution in [3.63, 3.8) is 0 Å². The summed E-state index contributed by atoms with van der Waals surface area (Å²) in [5, 5.41) is 14.6. The third-order valence-corrected chi connectivity index (χ3v) is 3.16. The summed E-state index contributed by atoms with van der Waals surface area (Å²) >= 11 is 0. The molecule has 0 saturated heterocycles. The lowest BCUT2D eigenvalue weighted by Crippen LogP contribution is -2.41. The molecule has 19 heavy (non-hydrogen) atoms. The monoisotopic (exact) mass is 262 g/mol. The molecule has 1 saturated carbocycles. The zero-order valence-electron chi connectivity index (χ0n) is 10.6. The Hall–Kier alpha value is -2.04. The molecule has 0 spiro atoms. The van der Waals surface area contributed by atoms with Gasteiger partial charge in [0.1, 0.15) is 0 Å². The Morgan fingerprint density at radius 1 is 1.26 bits per heavy atom. The minimum atomic E-state index is -0.867. The SMILES string of the molecule is O=C(O)CC(NC(=O)CNc1ccccc1)C1CC1. The van der Waals surface area contributed by atoms with Crippen LogP contribution < -0.4 is 10.6 Å². The van der Waals surface area contributed by atoms with Gasteiger partial charge in [-0.2, -0.15) is 0 Å². The number of carbonyl (C=O) groups excluding carboxylic acids is 1. The first-order valence-electron chi connectivity index (χ1n) is 6.45. The maximum atomic E-state index is 11.8. The number of amides is 1. The molecule has 1 aromatic rings. The largest absolute Gasteiger partial charge is 0.481 e. The molecule has 0 bridgehead atoms.